The number of nitrogens with one attached hydrogen (secondary N) is 1. The van der Waals surface area contributed by atoms with E-state index in [0.29, 0.717) is 6.54 Å². The van der Waals surface area contributed by atoms with Crippen molar-refractivity contribution in [3.05, 3.63) is 70.3 Å². The lowest BCUT2D eigenvalue weighted by atomic mass is 9.98. The quantitative estimate of drug-likeness (QED) is 0.631. The summed E-state index contributed by atoms with van der Waals surface area (Å²) in [4.78, 5) is 13.4. The number of carbonyl (C=O) groups is 1. The van der Waals surface area contributed by atoms with E-state index in [9.17, 15) is 4.79 Å². The van der Waals surface area contributed by atoms with Gasteiger partial charge in [-0.15, -0.1) is 0 Å². The van der Waals surface area contributed by atoms with Crippen LogP contribution >= 0.6 is 15.9 Å². The smallest absolute Gasteiger partial charge is 0.404 e. The topological polar surface area (TPSA) is 57.5 Å². The first-order valence-corrected chi connectivity index (χ1v) is 9.82. The maximum atomic E-state index is 11.0. The van der Waals surface area contributed by atoms with Crippen LogP contribution in [0.5, 0.6) is 0 Å². The minimum atomic E-state index is -0.968. The monoisotopic (exact) mass is 427 g/mol. The van der Waals surface area contributed by atoms with Crippen molar-refractivity contribution in [2.45, 2.75) is 19.1 Å². The molecule has 1 aliphatic heterocycles. The number of hydrogen-bond acceptors (Lipinski definition) is 2. The van der Waals surface area contributed by atoms with E-state index in [4.69, 9.17) is 5.11 Å². The van der Waals surface area contributed by atoms with Gasteiger partial charge in [0.15, 0.2) is 0 Å². The normalized spacial score (nSPS) is 18.8. The summed E-state index contributed by atoms with van der Waals surface area (Å²) in [5, 5.41) is 12.9. The molecule has 0 aliphatic carbocycles. The molecule has 0 spiro atoms. The van der Waals surface area contributed by atoms with E-state index in [0.717, 1.165) is 17.6 Å². The van der Waals surface area contributed by atoms with E-state index in [1.807, 2.05) is 6.07 Å². The first-order chi connectivity index (χ1) is 13.0. The molecule has 0 unspecified atom stereocenters. The van der Waals surface area contributed by atoms with Gasteiger partial charge in [0.1, 0.15) is 0 Å². The van der Waals surface area contributed by atoms with Crippen molar-refractivity contribution in [1.82, 2.24) is 14.8 Å². The van der Waals surface area contributed by atoms with Crippen LogP contribution in [0.25, 0.3) is 10.9 Å². The fourth-order valence-corrected chi connectivity index (χ4v) is 4.62. The molecule has 0 saturated carbocycles. The third-order valence-electron chi connectivity index (χ3n) is 5.33. The molecule has 2 aromatic carbocycles. The summed E-state index contributed by atoms with van der Waals surface area (Å²) < 4.78 is 3.40. The van der Waals surface area contributed by atoms with Crippen molar-refractivity contribution in [3.8, 4) is 0 Å². The molecule has 2 atom stereocenters. The fourth-order valence-electron chi connectivity index (χ4n) is 4.24. The number of fused-ring (bicyclic) bond motifs is 3. The molecule has 1 aliphatic rings. The van der Waals surface area contributed by atoms with E-state index in [1.54, 1.807) is 0 Å². The summed E-state index contributed by atoms with van der Waals surface area (Å²) in [6.07, 6.45) is -0.968. The molecule has 6 heteroatoms. The average molecular weight is 428 g/mol. The zero-order valence-corrected chi connectivity index (χ0v) is 16.7. The van der Waals surface area contributed by atoms with Crippen LogP contribution in [0.15, 0.2) is 59.1 Å². The zero-order chi connectivity index (χ0) is 19.0. The highest BCUT2D eigenvalue weighted by Crippen LogP contribution is 2.40. The van der Waals surface area contributed by atoms with Gasteiger partial charge in [-0.25, -0.2) is 4.79 Å². The molecule has 2 heterocycles. The summed E-state index contributed by atoms with van der Waals surface area (Å²) in [5.74, 6) is 0.192. The predicted molar refractivity (Wildman–Crippen MR) is 110 cm³/mol. The molecule has 0 fully saturated rings. The largest absolute Gasteiger partial charge is 0.465 e. The number of aromatic nitrogens is 1. The van der Waals surface area contributed by atoms with Gasteiger partial charge in [0, 0.05) is 46.6 Å². The fraction of sp³-hybridized carbons (Fsp3) is 0.286. The summed E-state index contributed by atoms with van der Waals surface area (Å²) in [7, 11) is 2.12. The Labute approximate surface area is 166 Å². The maximum absolute atomic E-state index is 11.0. The van der Waals surface area contributed by atoms with Crippen molar-refractivity contribution in [1.29, 1.82) is 0 Å². The second kappa shape index (κ2) is 7.37. The van der Waals surface area contributed by atoms with Crippen LogP contribution in [0.2, 0.25) is 0 Å². The van der Waals surface area contributed by atoms with Crippen LogP contribution in [0.4, 0.5) is 4.79 Å². The summed E-state index contributed by atoms with van der Waals surface area (Å²) in [6.45, 7) is 2.07. The molecule has 0 saturated heterocycles. The van der Waals surface area contributed by atoms with Crippen LogP contribution in [0.1, 0.15) is 17.3 Å². The van der Waals surface area contributed by atoms with Gasteiger partial charge >= 0.3 is 6.09 Å². The molecule has 5 nitrogen and oxygen atoms in total. The van der Waals surface area contributed by atoms with Crippen LogP contribution in [0.3, 0.4) is 0 Å². The van der Waals surface area contributed by atoms with Gasteiger partial charge in [0.2, 0.25) is 0 Å². The highest BCUT2D eigenvalue weighted by Gasteiger charge is 2.36. The lowest BCUT2D eigenvalue weighted by Crippen LogP contribution is -2.35. The average Bonchev–Trinajstić information content (AvgIpc) is 3.15. The van der Waals surface area contributed by atoms with Gasteiger partial charge in [-0.3, -0.25) is 4.90 Å². The number of nitrogens with zero attached hydrogens (tertiary/aromatic N) is 2. The standard InChI is InChI=1S/C21H22BrN3O2/c1-24(12-14-5-3-2-4-6-14)20-16(11-23-21(26)27)13-25-18-8-7-17(22)9-15(18)10-19(20)25/h2-10,16,20,23H,11-13H2,1H3,(H,26,27)/t16-,20-/m1/s1. The third-order valence-corrected chi connectivity index (χ3v) is 5.82. The second-order valence-corrected chi connectivity index (χ2v) is 8.09. The molecule has 0 radical (unpaired) electrons. The minimum Gasteiger partial charge on any atom is -0.465 e. The second-order valence-electron chi connectivity index (χ2n) is 7.17. The molecule has 1 amide bonds. The van der Waals surface area contributed by atoms with Crippen molar-refractivity contribution >= 4 is 32.9 Å². The van der Waals surface area contributed by atoms with E-state index < -0.39 is 6.09 Å². The number of carboxylic acid groups (broad SMARTS) is 1. The van der Waals surface area contributed by atoms with Crippen LogP contribution in [-0.4, -0.2) is 34.3 Å². The van der Waals surface area contributed by atoms with E-state index >= 15 is 0 Å². The Morgan fingerprint density at radius 2 is 2.04 bits per heavy atom. The first kappa shape index (κ1) is 18.1. The van der Waals surface area contributed by atoms with Crippen LogP contribution in [0, 0.1) is 5.92 Å². The van der Waals surface area contributed by atoms with Crippen molar-refractivity contribution in [2.75, 3.05) is 13.6 Å². The summed E-state index contributed by atoms with van der Waals surface area (Å²) >= 11 is 3.55. The number of rotatable bonds is 5. The van der Waals surface area contributed by atoms with Crippen molar-refractivity contribution < 1.29 is 9.90 Å². The molecule has 27 heavy (non-hydrogen) atoms. The summed E-state index contributed by atoms with van der Waals surface area (Å²) in [5.41, 5.74) is 3.70. The molecular formula is C21H22BrN3O2. The lowest BCUT2D eigenvalue weighted by Gasteiger charge is -2.29. The molecule has 140 valence electrons. The van der Waals surface area contributed by atoms with Gasteiger partial charge in [-0.1, -0.05) is 46.3 Å². The molecular weight excluding hydrogens is 406 g/mol. The number of halogens is 1. The predicted octanol–water partition coefficient (Wildman–Crippen LogP) is 4.47. The Hall–Kier alpha value is -2.31. The number of benzene rings is 2. The minimum absolute atomic E-state index is 0.156. The van der Waals surface area contributed by atoms with Gasteiger partial charge in [-0.05, 0) is 36.9 Å². The van der Waals surface area contributed by atoms with Gasteiger partial charge < -0.3 is 15.0 Å². The van der Waals surface area contributed by atoms with Crippen LogP contribution in [-0.2, 0) is 13.1 Å². The first-order valence-electron chi connectivity index (χ1n) is 9.02. The molecule has 3 aromatic rings. The zero-order valence-electron chi connectivity index (χ0n) is 15.1. The van der Waals surface area contributed by atoms with Gasteiger partial charge in [0.05, 0.1) is 6.04 Å². The van der Waals surface area contributed by atoms with E-state index in [1.165, 1.54) is 22.2 Å². The molecule has 0 bridgehead atoms. The van der Waals surface area contributed by atoms with Crippen molar-refractivity contribution in [3.63, 3.8) is 0 Å². The Kier molecular flexibility index (Phi) is 4.93. The Bertz CT molecular complexity index is 970. The third kappa shape index (κ3) is 3.59. The Balaban J connectivity index is 1.68. The SMILES string of the molecule is CN(Cc1ccccc1)[C@H]1c2cc3cc(Br)ccc3n2C[C@H]1CNC(=O)O. The maximum Gasteiger partial charge on any atom is 0.404 e. The van der Waals surface area contributed by atoms with Crippen molar-refractivity contribution in [2.24, 2.45) is 5.92 Å². The van der Waals surface area contributed by atoms with E-state index in [-0.39, 0.29) is 12.0 Å². The molecule has 2 N–H and O–H groups in total. The number of amides is 1. The molecule has 1 aromatic heterocycles. The Morgan fingerprint density at radius 1 is 1.26 bits per heavy atom. The lowest BCUT2D eigenvalue weighted by molar-refractivity contribution is 0.167. The Morgan fingerprint density at radius 3 is 2.78 bits per heavy atom. The highest BCUT2D eigenvalue weighted by molar-refractivity contribution is 9.10. The number of hydrogen-bond donors (Lipinski definition) is 2. The molecule has 4 rings (SSSR count). The highest BCUT2D eigenvalue weighted by atomic mass is 79.9. The van der Waals surface area contributed by atoms with Gasteiger partial charge in [-0.2, -0.15) is 0 Å². The van der Waals surface area contributed by atoms with E-state index in [2.05, 4.69) is 86.3 Å². The van der Waals surface area contributed by atoms with Crippen LogP contribution < -0.4 is 5.32 Å². The van der Waals surface area contributed by atoms with Gasteiger partial charge in [0.25, 0.3) is 0 Å². The summed E-state index contributed by atoms with van der Waals surface area (Å²) in [6, 6.07) is 19.1.